The maximum absolute atomic E-state index is 12.0. The van der Waals surface area contributed by atoms with Crippen LogP contribution in [0.5, 0.6) is 0 Å². The lowest BCUT2D eigenvalue weighted by atomic mass is 9.92. The summed E-state index contributed by atoms with van der Waals surface area (Å²) < 4.78 is 0. The Labute approximate surface area is 122 Å². The maximum atomic E-state index is 12.0. The molecule has 4 nitrogen and oxygen atoms in total. The summed E-state index contributed by atoms with van der Waals surface area (Å²) in [5.74, 6) is -0.0827. The van der Waals surface area contributed by atoms with Gasteiger partial charge in [-0.2, -0.15) is 0 Å². The van der Waals surface area contributed by atoms with E-state index in [1.807, 2.05) is 44.4 Å². The summed E-state index contributed by atoms with van der Waals surface area (Å²) >= 11 is 0. The van der Waals surface area contributed by atoms with Crippen molar-refractivity contribution in [1.82, 2.24) is 10.2 Å². The lowest BCUT2D eigenvalue weighted by Crippen LogP contribution is -2.47. The number of carbonyl (C=O) groups is 1. The van der Waals surface area contributed by atoms with Crippen molar-refractivity contribution < 1.29 is 4.79 Å². The van der Waals surface area contributed by atoms with E-state index >= 15 is 0 Å². The summed E-state index contributed by atoms with van der Waals surface area (Å²) in [5, 5.41) is 2.96. The summed E-state index contributed by atoms with van der Waals surface area (Å²) in [4.78, 5) is 14.2. The molecule has 4 heteroatoms. The first-order valence-corrected chi connectivity index (χ1v) is 7.02. The largest absolute Gasteiger partial charge is 0.354 e. The quantitative estimate of drug-likeness (QED) is 0.789. The summed E-state index contributed by atoms with van der Waals surface area (Å²) in [6.07, 6.45) is 0.570. The molecule has 112 valence electrons. The summed E-state index contributed by atoms with van der Waals surface area (Å²) in [6.45, 7) is 5.82. The van der Waals surface area contributed by atoms with Gasteiger partial charge in [-0.15, -0.1) is 0 Å². The van der Waals surface area contributed by atoms with E-state index < -0.39 is 6.04 Å². The Morgan fingerprint density at radius 3 is 2.45 bits per heavy atom. The molecular formula is C16H27N3O. The van der Waals surface area contributed by atoms with Crippen LogP contribution in [0.3, 0.4) is 0 Å². The van der Waals surface area contributed by atoms with Gasteiger partial charge in [0.25, 0.3) is 0 Å². The monoisotopic (exact) mass is 277 g/mol. The summed E-state index contributed by atoms with van der Waals surface area (Å²) in [7, 11) is 4.06. The Morgan fingerprint density at radius 1 is 1.30 bits per heavy atom. The Hall–Kier alpha value is -1.39. The number of hydrogen-bond donors (Lipinski definition) is 2. The zero-order valence-corrected chi connectivity index (χ0v) is 13.0. The Balaban J connectivity index is 2.42. The smallest absolute Gasteiger partial charge is 0.237 e. The van der Waals surface area contributed by atoms with Gasteiger partial charge in [0, 0.05) is 13.1 Å². The molecule has 20 heavy (non-hydrogen) atoms. The van der Waals surface area contributed by atoms with Crippen LogP contribution in [0.15, 0.2) is 30.3 Å². The van der Waals surface area contributed by atoms with Crippen molar-refractivity contribution in [1.29, 1.82) is 0 Å². The summed E-state index contributed by atoms with van der Waals surface area (Å²) in [6, 6.07) is 9.36. The van der Waals surface area contributed by atoms with Gasteiger partial charge in [0.2, 0.25) is 5.91 Å². The number of benzene rings is 1. The minimum Gasteiger partial charge on any atom is -0.354 e. The van der Waals surface area contributed by atoms with Gasteiger partial charge in [-0.25, -0.2) is 0 Å². The molecule has 1 rings (SSSR count). The highest BCUT2D eigenvalue weighted by atomic mass is 16.2. The van der Waals surface area contributed by atoms with Crippen LogP contribution in [-0.4, -0.2) is 44.0 Å². The van der Waals surface area contributed by atoms with Crippen molar-refractivity contribution in [3.05, 3.63) is 35.9 Å². The van der Waals surface area contributed by atoms with E-state index in [4.69, 9.17) is 5.73 Å². The van der Waals surface area contributed by atoms with E-state index in [1.165, 1.54) is 0 Å². The first-order valence-electron chi connectivity index (χ1n) is 7.02. The van der Waals surface area contributed by atoms with Crippen LogP contribution in [0.25, 0.3) is 0 Å². The van der Waals surface area contributed by atoms with Crippen molar-refractivity contribution in [2.45, 2.75) is 26.3 Å². The third-order valence-electron chi connectivity index (χ3n) is 3.12. The topological polar surface area (TPSA) is 58.4 Å². The van der Waals surface area contributed by atoms with Crippen molar-refractivity contribution >= 4 is 5.91 Å². The predicted molar refractivity (Wildman–Crippen MR) is 83.5 cm³/mol. The van der Waals surface area contributed by atoms with Gasteiger partial charge >= 0.3 is 0 Å². The molecule has 0 radical (unpaired) electrons. The number of carbonyl (C=O) groups excluding carboxylic acids is 1. The standard InChI is InChI=1S/C16H27N3O/c1-16(2,12-19(3)4)11-18-15(20)14(17)10-13-8-6-5-7-9-13/h5-9,14H,10-12,17H2,1-4H3,(H,18,20). The molecule has 0 aliphatic heterocycles. The first-order chi connectivity index (χ1) is 9.30. The molecular weight excluding hydrogens is 250 g/mol. The average Bonchev–Trinajstić information content (AvgIpc) is 2.35. The van der Waals surface area contributed by atoms with E-state index in [0.717, 1.165) is 12.1 Å². The number of nitrogens with one attached hydrogen (secondary N) is 1. The van der Waals surface area contributed by atoms with Crippen LogP contribution in [0.1, 0.15) is 19.4 Å². The molecule has 1 atom stereocenters. The van der Waals surface area contributed by atoms with Gasteiger partial charge in [0.15, 0.2) is 0 Å². The van der Waals surface area contributed by atoms with Crippen molar-refractivity contribution in [3.8, 4) is 0 Å². The molecule has 0 bridgehead atoms. The lowest BCUT2D eigenvalue weighted by molar-refractivity contribution is -0.122. The second kappa shape index (κ2) is 7.41. The predicted octanol–water partition coefficient (Wildman–Crippen LogP) is 1.26. The number of amides is 1. The normalized spacial score (nSPS) is 13.3. The van der Waals surface area contributed by atoms with E-state index in [1.54, 1.807) is 0 Å². The van der Waals surface area contributed by atoms with Gasteiger partial charge < -0.3 is 16.0 Å². The van der Waals surface area contributed by atoms with Gasteiger partial charge in [-0.3, -0.25) is 4.79 Å². The van der Waals surface area contributed by atoms with E-state index in [9.17, 15) is 4.79 Å². The maximum Gasteiger partial charge on any atom is 0.237 e. The van der Waals surface area contributed by atoms with E-state index in [-0.39, 0.29) is 11.3 Å². The Bertz CT molecular complexity index is 415. The fraction of sp³-hybridized carbons (Fsp3) is 0.562. The van der Waals surface area contributed by atoms with Crippen molar-refractivity contribution in [2.24, 2.45) is 11.1 Å². The van der Waals surface area contributed by atoms with Gasteiger partial charge in [0.05, 0.1) is 6.04 Å². The number of nitrogens with two attached hydrogens (primary N) is 1. The van der Waals surface area contributed by atoms with Crippen molar-refractivity contribution in [3.63, 3.8) is 0 Å². The minimum atomic E-state index is -0.493. The third kappa shape index (κ3) is 6.17. The molecule has 0 aliphatic carbocycles. The minimum absolute atomic E-state index is 0.0334. The molecule has 0 saturated carbocycles. The van der Waals surface area contributed by atoms with Crippen LogP contribution in [0.4, 0.5) is 0 Å². The molecule has 0 spiro atoms. The second-order valence-corrected chi connectivity index (χ2v) is 6.42. The Kier molecular flexibility index (Phi) is 6.17. The molecule has 0 saturated heterocycles. The van der Waals surface area contributed by atoms with E-state index in [0.29, 0.717) is 13.0 Å². The molecule has 3 N–H and O–H groups in total. The van der Waals surface area contributed by atoms with Crippen LogP contribution in [0.2, 0.25) is 0 Å². The van der Waals surface area contributed by atoms with Gasteiger partial charge in [-0.1, -0.05) is 44.2 Å². The van der Waals surface area contributed by atoms with E-state index in [2.05, 4.69) is 24.1 Å². The average molecular weight is 277 g/mol. The molecule has 0 fully saturated rings. The number of hydrogen-bond acceptors (Lipinski definition) is 3. The third-order valence-corrected chi connectivity index (χ3v) is 3.12. The SMILES string of the molecule is CN(C)CC(C)(C)CNC(=O)C(N)Cc1ccccc1. The van der Waals surface area contributed by atoms with Crippen molar-refractivity contribution in [2.75, 3.05) is 27.2 Å². The van der Waals surface area contributed by atoms with Gasteiger partial charge in [-0.05, 0) is 31.5 Å². The second-order valence-electron chi connectivity index (χ2n) is 6.42. The highest BCUT2D eigenvalue weighted by Crippen LogP contribution is 2.14. The fourth-order valence-electron chi connectivity index (χ4n) is 2.33. The number of nitrogens with zero attached hydrogens (tertiary/aromatic N) is 1. The molecule has 1 amide bonds. The zero-order chi connectivity index (χ0) is 15.2. The molecule has 1 aromatic carbocycles. The first kappa shape index (κ1) is 16.7. The van der Waals surface area contributed by atoms with Crippen LogP contribution < -0.4 is 11.1 Å². The molecule has 0 aromatic heterocycles. The van der Waals surface area contributed by atoms with Crippen LogP contribution in [-0.2, 0) is 11.2 Å². The molecule has 1 aromatic rings. The molecule has 0 aliphatic rings. The van der Waals surface area contributed by atoms with Crippen LogP contribution >= 0.6 is 0 Å². The van der Waals surface area contributed by atoms with Gasteiger partial charge in [0.1, 0.15) is 0 Å². The Morgan fingerprint density at radius 2 is 1.90 bits per heavy atom. The summed E-state index contributed by atoms with van der Waals surface area (Å²) in [5.41, 5.74) is 7.08. The molecule has 1 unspecified atom stereocenters. The number of rotatable bonds is 7. The lowest BCUT2D eigenvalue weighted by Gasteiger charge is -2.29. The van der Waals surface area contributed by atoms with Crippen LogP contribution in [0, 0.1) is 5.41 Å². The highest BCUT2D eigenvalue weighted by molar-refractivity contribution is 5.81. The highest BCUT2D eigenvalue weighted by Gasteiger charge is 2.21. The molecule has 0 heterocycles. The zero-order valence-electron chi connectivity index (χ0n) is 13.0. The fourth-order valence-corrected chi connectivity index (χ4v) is 2.33.